The lowest BCUT2D eigenvalue weighted by molar-refractivity contribution is -0.148. The fourth-order valence-electron chi connectivity index (χ4n) is 3.21. The van der Waals surface area contributed by atoms with Crippen LogP contribution in [0, 0.1) is 5.41 Å². The van der Waals surface area contributed by atoms with Crippen LogP contribution in [-0.2, 0) is 15.0 Å². The summed E-state index contributed by atoms with van der Waals surface area (Å²) in [6.45, 7) is 4.70. The minimum absolute atomic E-state index is 0.00945. The Kier molecular flexibility index (Phi) is 4.41. The maximum atomic E-state index is 12.7. The molecular weight excluding hydrogens is 280 g/mol. The molecular formula is C13H24N2O4S. The number of carboxylic acids is 1. The van der Waals surface area contributed by atoms with Crippen molar-refractivity contribution in [3.8, 4) is 0 Å². The van der Waals surface area contributed by atoms with Crippen molar-refractivity contribution < 1.29 is 18.3 Å². The minimum atomic E-state index is -3.52. The second-order valence-electron chi connectivity index (χ2n) is 5.99. The van der Waals surface area contributed by atoms with E-state index >= 15 is 0 Å². The van der Waals surface area contributed by atoms with Gasteiger partial charge < -0.3 is 5.11 Å². The van der Waals surface area contributed by atoms with Crippen molar-refractivity contribution in [3.63, 3.8) is 0 Å². The van der Waals surface area contributed by atoms with Gasteiger partial charge in [0.1, 0.15) is 0 Å². The van der Waals surface area contributed by atoms with Crippen LogP contribution in [0.4, 0.5) is 0 Å². The van der Waals surface area contributed by atoms with Gasteiger partial charge in [-0.3, -0.25) is 4.79 Å². The number of hydrogen-bond donors (Lipinski definition) is 1. The summed E-state index contributed by atoms with van der Waals surface area (Å²) in [6.07, 6.45) is 3.69. The first kappa shape index (κ1) is 15.7. The highest BCUT2D eigenvalue weighted by Crippen LogP contribution is 2.37. The summed E-state index contributed by atoms with van der Waals surface area (Å²) < 4.78 is 28.3. The third-order valence-corrected chi connectivity index (χ3v) is 6.91. The number of aliphatic carboxylic acids is 1. The number of hydrogen-bond acceptors (Lipinski definition) is 3. The Balaban J connectivity index is 2.18. The van der Waals surface area contributed by atoms with E-state index in [1.165, 1.54) is 4.31 Å². The molecule has 0 aliphatic carbocycles. The SMILES string of the molecule is CCC1(C(=O)O)CCN(S(=O)(=O)N2CCCCC2C)C1. The molecule has 0 spiro atoms. The summed E-state index contributed by atoms with van der Waals surface area (Å²) in [4.78, 5) is 11.4. The molecule has 2 heterocycles. The quantitative estimate of drug-likeness (QED) is 0.849. The summed E-state index contributed by atoms with van der Waals surface area (Å²) in [5.74, 6) is -0.885. The maximum absolute atomic E-state index is 12.7. The fourth-order valence-corrected chi connectivity index (χ4v) is 5.16. The molecule has 0 saturated carbocycles. The Morgan fingerprint density at radius 1 is 1.35 bits per heavy atom. The first-order valence-electron chi connectivity index (χ1n) is 7.34. The standard InChI is InChI=1S/C13H24N2O4S/c1-3-13(12(16)17)7-9-14(10-13)20(18,19)15-8-5-4-6-11(15)2/h11H,3-10H2,1-2H3,(H,16,17). The van der Waals surface area contributed by atoms with E-state index in [0.29, 0.717) is 25.9 Å². The van der Waals surface area contributed by atoms with Crippen LogP contribution in [0.1, 0.15) is 46.0 Å². The lowest BCUT2D eigenvalue weighted by Crippen LogP contribution is -2.49. The summed E-state index contributed by atoms with van der Waals surface area (Å²) in [5.41, 5.74) is -0.911. The van der Waals surface area contributed by atoms with Crippen molar-refractivity contribution in [2.45, 2.75) is 52.0 Å². The molecule has 0 amide bonds. The Morgan fingerprint density at radius 3 is 2.55 bits per heavy atom. The molecule has 116 valence electrons. The Hall–Kier alpha value is -0.660. The molecule has 7 heteroatoms. The highest BCUT2D eigenvalue weighted by atomic mass is 32.2. The lowest BCUT2D eigenvalue weighted by atomic mass is 9.85. The zero-order valence-electron chi connectivity index (χ0n) is 12.2. The number of piperidine rings is 1. The van der Waals surface area contributed by atoms with E-state index in [1.54, 1.807) is 4.31 Å². The van der Waals surface area contributed by atoms with Gasteiger partial charge in [-0.25, -0.2) is 0 Å². The molecule has 0 bridgehead atoms. The van der Waals surface area contributed by atoms with E-state index in [0.717, 1.165) is 19.3 Å². The molecule has 2 aliphatic heterocycles. The molecule has 0 aromatic rings. The Morgan fingerprint density at radius 2 is 2.05 bits per heavy atom. The average Bonchev–Trinajstić information content (AvgIpc) is 2.85. The third-order valence-electron chi connectivity index (χ3n) is 4.81. The van der Waals surface area contributed by atoms with Gasteiger partial charge in [-0.15, -0.1) is 0 Å². The molecule has 0 aromatic carbocycles. The van der Waals surface area contributed by atoms with E-state index in [9.17, 15) is 18.3 Å². The molecule has 6 nitrogen and oxygen atoms in total. The van der Waals surface area contributed by atoms with Crippen molar-refractivity contribution in [2.75, 3.05) is 19.6 Å². The van der Waals surface area contributed by atoms with Gasteiger partial charge >= 0.3 is 5.97 Å². The van der Waals surface area contributed by atoms with Crippen LogP contribution in [0.2, 0.25) is 0 Å². The molecule has 2 saturated heterocycles. The molecule has 0 aromatic heterocycles. The highest BCUT2D eigenvalue weighted by Gasteiger charge is 2.48. The van der Waals surface area contributed by atoms with Crippen LogP contribution < -0.4 is 0 Å². The number of carbonyl (C=O) groups is 1. The summed E-state index contributed by atoms with van der Waals surface area (Å²) in [7, 11) is -3.52. The first-order chi connectivity index (χ1) is 9.33. The van der Waals surface area contributed by atoms with Crippen LogP contribution in [0.5, 0.6) is 0 Å². The van der Waals surface area contributed by atoms with Gasteiger partial charge in [0.15, 0.2) is 0 Å². The van der Waals surface area contributed by atoms with Gasteiger partial charge in [-0.1, -0.05) is 13.3 Å². The normalized spacial score (nSPS) is 33.4. The van der Waals surface area contributed by atoms with E-state index in [2.05, 4.69) is 0 Å². The first-order valence-corrected chi connectivity index (χ1v) is 8.73. The molecule has 20 heavy (non-hydrogen) atoms. The third kappa shape index (κ3) is 2.58. The van der Waals surface area contributed by atoms with E-state index in [-0.39, 0.29) is 12.6 Å². The lowest BCUT2D eigenvalue weighted by Gasteiger charge is -2.35. The van der Waals surface area contributed by atoms with Gasteiger partial charge in [0.05, 0.1) is 5.41 Å². The van der Waals surface area contributed by atoms with Crippen LogP contribution in [0.3, 0.4) is 0 Å². The summed E-state index contributed by atoms with van der Waals surface area (Å²) in [5, 5.41) is 9.37. The van der Waals surface area contributed by atoms with Crippen LogP contribution in [0.15, 0.2) is 0 Å². The fraction of sp³-hybridized carbons (Fsp3) is 0.923. The molecule has 1 N–H and O–H groups in total. The zero-order valence-corrected chi connectivity index (χ0v) is 13.0. The van der Waals surface area contributed by atoms with Crippen molar-refractivity contribution in [1.29, 1.82) is 0 Å². The van der Waals surface area contributed by atoms with Crippen molar-refractivity contribution >= 4 is 16.2 Å². The number of rotatable bonds is 4. The van der Waals surface area contributed by atoms with Crippen LogP contribution >= 0.6 is 0 Å². The van der Waals surface area contributed by atoms with E-state index < -0.39 is 21.6 Å². The minimum Gasteiger partial charge on any atom is -0.481 e. The molecule has 0 radical (unpaired) electrons. The number of nitrogens with zero attached hydrogens (tertiary/aromatic N) is 2. The van der Waals surface area contributed by atoms with Crippen molar-refractivity contribution in [1.82, 2.24) is 8.61 Å². The predicted molar refractivity (Wildman–Crippen MR) is 75.5 cm³/mol. The largest absolute Gasteiger partial charge is 0.481 e. The molecule has 2 atom stereocenters. The molecule has 2 rings (SSSR count). The summed E-state index contributed by atoms with van der Waals surface area (Å²) >= 11 is 0. The highest BCUT2D eigenvalue weighted by molar-refractivity contribution is 7.86. The van der Waals surface area contributed by atoms with Crippen molar-refractivity contribution in [2.24, 2.45) is 5.41 Å². The second-order valence-corrected chi connectivity index (χ2v) is 7.87. The predicted octanol–water partition coefficient (Wildman–Crippen LogP) is 1.29. The molecule has 2 unspecified atom stereocenters. The molecule has 2 fully saturated rings. The monoisotopic (exact) mass is 304 g/mol. The smallest absolute Gasteiger partial charge is 0.311 e. The second kappa shape index (κ2) is 5.61. The topological polar surface area (TPSA) is 77.9 Å². The summed E-state index contributed by atoms with van der Waals surface area (Å²) in [6, 6.07) is 0.00945. The van der Waals surface area contributed by atoms with Gasteiger partial charge in [0.2, 0.25) is 0 Å². The maximum Gasteiger partial charge on any atom is 0.311 e. The Labute approximate surface area is 120 Å². The van der Waals surface area contributed by atoms with Crippen molar-refractivity contribution in [3.05, 3.63) is 0 Å². The Bertz CT molecular complexity index is 479. The average molecular weight is 304 g/mol. The van der Waals surface area contributed by atoms with Gasteiger partial charge in [0.25, 0.3) is 10.2 Å². The number of carboxylic acid groups (broad SMARTS) is 1. The molecule has 2 aliphatic rings. The van der Waals surface area contributed by atoms with E-state index in [1.807, 2.05) is 13.8 Å². The van der Waals surface area contributed by atoms with Crippen LogP contribution in [0.25, 0.3) is 0 Å². The van der Waals surface area contributed by atoms with Gasteiger partial charge in [-0.05, 0) is 32.6 Å². The van der Waals surface area contributed by atoms with E-state index in [4.69, 9.17) is 0 Å². The van der Waals surface area contributed by atoms with Crippen LogP contribution in [-0.4, -0.2) is 53.8 Å². The van der Waals surface area contributed by atoms with Gasteiger partial charge in [-0.2, -0.15) is 17.0 Å². The van der Waals surface area contributed by atoms with Gasteiger partial charge in [0, 0.05) is 25.7 Å². The zero-order chi connectivity index (χ0) is 15.0.